The van der Waals surface area contributed by atoms with E-state index in [1.165, 1.54) is 23.1 Å². The fourth-order valence-electron chi connectivity index (χ4n) is 4.49. The fourth-order valence-corrected chi connectivity index (χ4v) is 4.49. The van der Waals surface area contributed by atoms with Crippen LogP contribution in [0.15, 0.2) is 18.2 Å². The van der Waals surface area contributed by atoms with Crippen LogP contribution in [-0.2, 0) is 22.4 Å². The monoisotopic (exact) mass is 374 g/mol. The molecule has 1 heterocycles. The third kappa shape index (κ3) is 4.89. The van der Waals surface area contributed by atoms with Crippen molar-refractivity contribution in [2.45, 2.75) is 63.5 Å². The van der Waals surface area contributed by atoms with Gasteiger partial charge in [-0.25, -0.2) is 0 Å². The van der Waals surface area contributed by atoms with Crippen LogP contribution in [0.25, 0.3) is 0 Å². The number of nitrogens with zero attached hydrogens (tertiary/aromatic N) is 1. The zero-order chi connectivity index (χ0) is 19.3. The second-order valence-electron chi connectivity index (χ2n) is 8.08. The summed E-state index contributed by atoms with van der Waals surface area (Å²) in [7, 11) is 1.69. The van der Waals surface area contributed by atoms with Crippen LogP contribution in [0, 0.1) is 0 Å². The molecule has 1 aromatic rings. The van der Waals surface area contributed by atoms with E-state index in [2.05, 4.69) is 30.4 Å². The van der Waals surface area contributed by atoms with Gasteiger partial charge in [0.1, 0.15) is 0 Å². The van der Waals surface area contributed by atoms with Crippen molar-refractivity contribution in [2.75, 3.05) is 33.4 Å². The van der Waals surface area contributed by atoms with E-state index in [0.717, 1.165) is 45.1 Å². The van der Waals surface area contributed by atoms with E-state index in [1.807, 2.05) is 4.90 Å². The van der Waals surface area contributed by atoms with E-state index >= 15 is 0 Å². The Morgan fingerprint density at radius 1 is 1.33 bits per heavy atom. The standard InChI is InChI=1S/C22H34N2O3/c1-3-17-7-8-18-9-12-24(20(15-27-2)19(18)13-17)21(25)14-23-16-22(26)10-5-4-6-11-22/h7-8,13,20,23,26H,3-6,9-12,14-16H2,1-2H3/t20-/m0/s1. The highest BCUT2D eigenvalue weighted by Crippen LogP contribution is 2.31. The first-order valence-electron chi connectivity index (χ1n) is 10.4. The molecule has 1 aliphatic heterocycles. The Morgan fingerprint density at radius 3 is 2.81 bits per heavy atom. The molecular formula is C22H34N2O3. The Hall–Kier alpha value is -1.43. The first-order chi connectivity index (χ1) is 13.1. The van der Waals surface area contributed by atoms with E-state index in [9.17, 15) is 9.90 Å². The second-order valence-corrected chi connectivity index (χ2v) is 8.08. The van der Waals surface area contributed by atoms with Crippen LogP contribution < -0.4 is 5.32 Å². The summed E-state index contributed by atoms with van der Waals surface area (Å²) < 4.78 is 5.45. The normalized spacial score (nSPS) is 21.7. The zero-order valence-corrected chi connectivity index (χ0v) is 16.8. The number of aryl methyl sites for hydroxylation is 1. The highest BCUT2D eigenvalue weighted by molar-refractivity contribution is 5.79. The minimum absolute atomic E-state index is 0.0303. The molecule has 1 aliphatic carbocycles. The molecule has 1 amide bonds. The molecule has 0 bridgehead atoms. The first-order valence-corrected chi connectivity index (χ1v) is 10.4. The van der Waals surface area contributed by atoms with Crippen LogP contribution in [0.2, 0.25) is 0 Å². The number of hydrogen-bond acceptors (Lipinski definition) is 4. The molecule has 0 unspecified atom stereocenters. The van der Waals surface area contributed by atoms with Gasteiger partial charge in [0.15, 0.2) is 0 Å². The van der Waals surface area contributed by atoms with Crippen molar-refractivity contribution >= 4 is 5.91 Å². The van der Waals surface area contributed by atoms with Gasteiger partial charge in [-0.3, -0.25) is 4.79 Å². The summed E-state index contributed by atoms with van der Waals surface area (Å²) in [5, 5.41) is 13.8. The minimum atomic E-state index is -0.644. The number of rotatable bonds is 7. The summed E-state index contributed by atoms with van der Waals surface area (Å²) in [4.78, 5) is 14.9. The van der Waals surface area contributed by atoms with Crippen LogP contribution in [0.1, 0.15) is 61.8 Å². The Labute approximate surface area is 163 Å². The number of nitrogens with one attached hydrogen (secondary N) is 1. The maximum absolute atomic E-state index is 12.9. The van der Waals surface area contributed by atoms with Crippen LogP contribution >= 0.6 is 0 Å². The summed E-state index contributed by atoms with van der Waals surface area (Å²) in [6.07, 6.45) is 6.88. The predicted octanol–water partition coefficient (Wildman–Crippen LogP) is 2.61. The Morgan fingerprint density at radius 2 is 2.11 bits per heavy atom. The van der Waals surface area contributed by atoms with E-state index in [-0.39, 0.29) is 18.5 Å². The molecule has 0 spiro atoms. The van der Waals surface area contributed by atoms with Crippen molar-refractivity contribution in [1.82, 2.24) is 10.2 Å². The van der Waals surface area contributed by atoms with E-state index in [1.54, 1.807) is 7.11 Å². The number of ether oxygens (including phenoxy) is 1. The summed E-state index contributed by atoms with van der Waals surface area (Å²) >= 11 is 0. The van der Waals surface area contributed by atoms with Gasteiger partial charge in [0, 0.05) is 20.2 Å². The van der Waals surface area contributed by atoms with Crippen molar-refractivity contribution in [1.29, 1.82) is 0 Å². The van der Waals surface area contributed by atoms with E-state index < -0.39 is 5.60 Å². The van der Waals surface area contributed by atoms with Gasteiger partial charge < -0.3 is 20.1 Å². The molecule has 27 heavy (non-hydrogen) atoms. The molecule has 0 aromatic heterocycles. The number of benzene rings is 1. The number of fused-ring (bicyclic) bond motifs is 1. The molecule has 1 aromatic carbocycles. The summed E-state index contributed by atoms with van der Waals surface area (Å²) in [6.45, 7) is 4.15. The van der Waals surface area contributed by atoms with Gasteiger partial charge >= 0.3 is 0 Å². The van der Waals surface area contributed by atoms with Crippen LogP contribution in [-0.4, -0.2) is 54.9 Å². The van der Waals surface area contributed by atoms with Crippen LogP contribution in [0.5, 0.6) is 0 Å². The van der Waals surface area contributed by atoms with Crippen molar-refractivity contribution in [3.8, 4) is 0 Å². The predicted molar refractivity (Wildman–Crippen MR) is 107 cm³/mol. The van der Waals surface area contributed by atoms with Gasteiger partial charge in [-0.2, -0.15) is 0 Å². The average Bonchev–Trinajstić information content (AvgIpc) is 2.68. The lowest BCUT2D eigenvalue weighted by Crippen LogP contribution is -2.48. The summed E-state index contributed by atoms with van der Waals surface area (Å²) in [6, 6.07) is 6.59. The SMILES string of the molecule is CCc1ccc2c(c1)[C@H](COC)N(C(=O)CNCC1(O)CCCCC1)CC2. The summed E-state index contributed by atoms with van der Waals surface area (Å²) in [5.41, 5.74) is 3.20. The Balaban J connectivity index is 1.64. The van der Waals surface area contributed by atoms with Crippen molar-refractivity contribution in [3.05, 3.63) is 34.9 Å². The quantitative estimate of drug-likeness (QED) is 0.770. The topological polar surface area (TPSA) is 61.8 Å². The van der Waals surface area contributed by atoms with E-state index in [4.69, 9.17) is 4.74 Å². The summed E-state index contributed by atoms with van der Waals surface area (Å²) in [5.74, 6) is 0.0870. The number of methoxy groups -OCH3 is 1. The van der Waals surface area contributed by atoms with Gasteiger partial charge in [0.25, 0.3) is 0 Å². The fraction of sp³-hybridized carbons (Fsp3) is 0.682. The first kappa shape index (κ1) is 20.3. The van der Waals surface area contributed by atoms with Gasteiger partial charge in [0.2, 0.25) is 5.91 Å². The number of hydrogen-bond donors (Lipinski definition) is 2. The highest BCUT2D eigenvalue weighted by Gasteiger charge is 2.32. The van der Waals surface area contributed by atoms with Crippen LogP contribution in [0.4, 0.5) is 0 Å². The van der Waals surface area contributed by atoms with E-state index in [0.29, 0.717) is 13.2 Å². The van der Waals surface area contributed by atoms with Gasteiger partial charge in [-0.05, 0) is 42.4 Å². The van der Waals surface area contributed by atoms with Crippen molar-refractivity contribution in [2.24, 2.45) is 0 Å². The maximum Gasteiger partial charge on any atom is 0.237 e. The lowest BCUT2D eigenvalue weighted by molar-refractivity contribution is -0.134. The smallest absolute Gasteiger partial charge is 0.237 e. The molecular weight excluding hydrogens is 340 g/mol. The van der Waals surface area contributed by atoms with Crippen LogP contribution in [0.3, 0.4) is 0 Å². The number of carbonyl (C=O) groups excluding carboxylic acids is 1. The highest BCUT2D eigenvalue weighted by atomic mass is 16.5. The number of aliphatic hydroxyl groups is 1. The third-order valence-electron chi connectivity index (χ3n) is 6.14. The molecule has 150 valence electrons. The molecule has 5 nitrogen and oxygen atoms in total. The molecule has 1 atom stereocenters. The molecule has 0 radical (unpaired) electrons. The Kier molecular flexibility index (Phi) is 6.90. The van der Waals surface area contributed by atoms with Gasteiger partial charge in [-0.15, -0.1) is 0 Å². The lowest BCUT2D eigenvalue weighted by Gasteiger charge is -2.38. The average molecular weight is 375 g/mol. The van der Waals surface area contributed by atoms with Crippen molar-refractivity contribution in [3.63, 3.8) is 0 Å². The molecule has 1 fully saturated rings. The van der Waals surface area contributed by atoms with Crippen molar-refractivity contribution < 1.29 is 14.6 Å². The molecule has 0 saturated heterocycles. The molecule has 3 rings (SSSR count). The van der Waals surface area contributed by atoms with Gasteiger partial charge in [-0.1, -0.05) is 44.4 Å². The molecule has 1 saturated carbocycles. The molecule has 2 N–H and O–H groups in total. The number of amides is 1. The maximum atomic E-state index is 12.9. The Bertz CT molecular complexity index is 640. The zero-order valence-electron chi connectivity index (χ0n) is 16.8. The minimum Gasteiger partial charge on any atom is -0.389 e. The lowest BCUT2D eigenvalue weighted by atomic mass is 9.85. The third-order valence-corrected chi connectivity index (χ3v) is 6.14. The molecule has 5 heteroatoms. The van der Waals surface area contributed by atoms with Gasteiger partial charge in [0.05, 0.1) is 24.8 Å². The largest absolute Gasteiger partial charge is 0.389 e. The second kappa shape index (κ2) is 9.18. The molecule has 2 aliphatic rings. The number of carbonyl (C=O) groups is 1.